The van der Waals surface area contributed by atoms with E-state index >= 15 is 0 Å². The number of hydrogen-bond donors (Lipinski definition) is 2. The first kappa shape index (κ1) is 15.0. The monoisotopic (exact) mass is 304 g/mol. The summed E-state index contributed by atoms with van der Waals surface area (Å²) in [5.41, 5.74) is 0.565. The summed E-state index contributed by atoms with van der Waals surface area (Å²) in [5, 5.41) is 6.41. The van der Waals surface area contributed by atoms with Gasteiger partial charge in [0.1, 0.15) is 5.75 Å². The van der Waals surface area contributed by atoms with Gasteiger partial charge in [-0.25, -0.2) is 0 Å². The maximum absolute atomic E-state index is 12.3. The standard InChI is InChI=1S/C13H15ClF2N2O2/c14-9-1-3-11(20-13(15)16)8(5-9)6-17-10-2-4-12(19)18-7-10/h1,3,5,10,13,17H,2,4,6-7H2,(H,18,19). The molecular weight excluding hydrogens is 290 g/mol. The zero-order valence-corrected chi connectivity index (χ0v) is 11.4. The summed E-state index contributed by atoms with van der Waals surface area (Å²) in [4.78, 5) is 11.0. The normalized spacial score (nSPS) is 19.0. The lowest BCUT2D eigenvalue weighted by atomic mass is 10.1. The Bertz CT molecular complexity index is 475. The molecule has 110 valence electrons. The van der Waals surface area contributed by atoms with Crippen LogP contribution in [0.3, 0.4) is 0 Å². The number of nitrogens with one attached hydrogen (secondary N) is 2. The van der Waals surface area contributed by atoms with Gasteiger partial charge < -0.3 is 15.4 Å². The summed E-state index contributed by atoms with van der Waals surface area (Å²) in [5.74, 6) is 0.143. The van der Waals surface area contributed by atoms with Gasteiger partial charge >= 0.3 is 6.61 Å². The summed E-state index contributed by atoms with van der Waals surface area (Å²) in [6.07, 6.45) is 1.19. The third-order valence-electron chi connectivity index (χ3n) is 3.09. The van der Waals surface area contributed by atoms with Gasteiger partial charge in [-0.3, -0.25) is 4.79 Å². The molecule has 1 unspecified atom stereocenters. The third-order valence-corrected chi connectivity index (χ3v) is 3.32. The van der Waals surface area contributed by atoms with Gasteiger partial charge in [0.2, 0.25) is 5.91 Å². The van der Waals surface area contributed by atoms with Crippen LogP contribution in [0.15, 0.2) is 18.2 Å². The molecular formula is C13H15ClF2N2O2. The summed E-state index contributed by atoms with van der Waals surface area (Å²) in [7, 11) is 0. The van der Waals surface area contributed by atoms with Crippen LogP contribution >= 0.6 is 11.6 Å². The van der Waals surface area contributed by atoms with E-state index in [9.17, 15) is 13.6 Å². The molecule has 1 aliphatic heterocycles. The van der Waals surface area contributed by atoms with Crippen molar-refractivity contribution in [3.05, 3.63) is 28.8 Å². The number of carbonyl (C=O) groups is 1. The molecule has 4 nitrogen and oxygen atoms in total. The Morgan fingerprint density at radius 2 is 2.30 bits per heavy atom. The van der Waals surface area contributed by atoms with Crippen LogP contribution in [0, 0.1) is 0 Å². The van der Waals surface area contributed by atoms with Gasteiger partial charge in [-0.1, -0.05) is 11.6 Å². The lowest BCUT2D eigenvalue weighted by molar-refractivity contribution is -0.122. The lowest BCUT2D eigenvalue weighted by Gasteiger charge is -2.24. The van der Waals surface area contributed by atoms with Crippen molar-refractivity contribution in [1.82, 2.24) is 10.6 Å². The molecule has 1 fully saturated rings. The van der Waals surface area contributed by atoms with Gasteiger partial charge in [-0.15, -0.1) is 0 Å². The molecule has 0 radical (unpaired) electrons. The Kier molecular flexibility index (Phi) is 5.14. The van der Waals surface area contributed by atoms with Crippen molar-refractivity contribution >= 4 is 17.5 Å². The fourth-order valence-electron chi connectivity index (χ4n) is 2.06. The van der Waals surface area contributed by atoms with E-state index in [0.717, 1.165) is 6.42 Å². The summed E-state index contributed by atoms with van der Waals surface area (Å²) in [6, 6.07) is 4.64. The molecule has 1 saturated heterocycles. The minimum absolute atomic E-state index is 0.0347. The van der Waals surface area contributed by atoms with E-state index in [0.29, 0.717) is 30.1 Å². The average Bonchev–Trinajstić information content (AvgIpc) is 2.40. The largest absolute Gasteiger partial charge is 0.434 e. The second-order valence-electron chi connectivity index (χ2n) is 4.55. The van der Waals surface area contributed by atoms with Crippen LogP contribution in [0.25, 0.3) is 0 Å². The maximum Gasteiger partial charge on any atom is 0.387 e. The Labute approximate surface area is 120 Å². The molecule has 1 heterocycles. The highest BCUT2D eigenvalue weighted by atomic mass is 35.5. The van der Waals surface area contributed by atoms with Crippen molar-refractivity contribution in [3.63, 3.8) is 0 Å². The highest BCUT2D eigenvalue weighted by molar-refractivity contribution is 6.30. The Balaban J connectivity index is 1.97. The number of ether oxygens (including phenoxy) is 1. The van der Waals surface area contributed by atoms with Gasteiger partial charge in [0.25, 0.3) is 0 Å². The van der Waals surface area contributed by atoms with Crippen LogP contribution < -0.4 is 15.4 Å². The Hall–Kier alpha value is -1.40. The number of carbonyl (C=O) groups excluding carboxylic acids is 1. The van der Waals surface area contributed by atoms with Gasteiger partial charge in [-0.05, 0) is 24.6 Å². The molecule has 2 N–H and O–H groups in total. The number of piperidine rings is 1. The molecule has 0 aromatic heterocycles. The van der Waals surface area contributed by atoms with E-state index in [-0.39, 0.29) is 17.7 Å². The molecule has 7 heteroatoms. The highest BCUT2D eigenvalue weighted by Gasteiger charge is 2.18. The van der Waals surface area contributed by atoms with Crippen molar-refractivity contribution in [3.8, 4) is 5.75 Å². The third kappa shape index (κ3) is 4.31. The van der Waals surface area contributed by atoms with Gasteiger partial charge in [0, 0.05) is 36.1 Å². The topological polar surface area (TPSA) is 50.4 Å². The highest BCUT2D eigenvalue weighted by Crippen LogP contribution is 2.24. The van der Waals surface area contributed by atoms with Crippen LogP contribution in [-0.4, -0.2) is 25.1 Å². The average molecular weight is 305 g/mol. The van der Waals surface area contributed by atoms with E-state index in [2.05, 4.69) is 15.4 Å². The van der Waals surface area contributed by atoms with Gasteiger partial charge in [0.15, 0.2) is 0 Å². The van der Waals surface area contributed by atoms with Crippen molar-refractivity contribution in [2.45, 2.75) is 32.0 Å². The zero-order valence-electron chi connectivity index (χ0n) is 10.7. The van der Waals surface area contributed by atoms with Crippen LogP contribution in [-0.2, 0) is 11.3 Å². The molecule has 0 saturated carbocycles. The lowest BCUT2D eigenvalue weighted by Crippen LogP contribution is -2.45. The molecule has 0 bridgehead atoms. The number of rotatable bonds is 5. The predicted molar refractivity (Wildman–Crippen MR) is 71.0 cm³/mol. The van der Waals surface area contributed by atoms with Crippen LogP contribution in [0.5, 0.6) is 5.75 Å². The number of alkyl halides is 2. The van der Waals surface area contributed by atoms with E-state index in [1.807, 2.05) is 0 Å². The summed E-state index contributed by atoms with van der Waals surface area (Å²) in [6.45, 7) is -1.99. The van der Waals surface area contributed by atoms with Crippen LogP contribution in [0.2, 0.25) is 5.02 Å². The van der Waals surface area contributed by atoms with Crippen LogP contribution in [0.1, 0.15) is 18.4 Å². The summed E-state index contributed by atoms with van der Waals surface area (Å²) >= 11 is 5.87. The molecule has 1 aromatic carbocycles. The van der Waals surface area contributed by atoms with Crippen molar-refractivity contribution in [2.24, 2.45) is 0 Å². The molecule has 1 aliphatic rings. The summed E-state index contributed by atoms with van der Waals surface area (Å²) < 4.78 is 29.1. The molecule has 1 aromatic rings. The second-order valence-corrected chi connectivity index (χ2v) is 4.99. The van der Waals surface area contributed by atoms with E-state index in [1.54, 1.807) is 6.07 Å². The van der Waals surface area contributed by atoms with Crippen molar-refractivity contribution in [1.29, 1.82) is 0 Å². The molecule has 20 heavy (non-hydrogen) atoms. The van der Waals surface area contributed by atoms with E-state index in [1.165, 1.54) is 12.1 Å². The molecule has 1 atom stereocenters. The quantitative estimate of drug-likeness (QED) is 0.877. The molecule has 2 rings (SSSR count). The fourth-order valence-corrected chi connectivity index (χ4v) is 2.25. The smallest absolute Gasteiger partial charge is 0.387 e. The SMILES string of the molecule is O=C1CCC(NCc2cc(Cl)ccc2OC(F)F)CN1. The van der Waals surface area contributed by atoms with Gasteiger partial charge in [0.05, 0.1) is 0 Å². The Morgan fingerprint density at radius 3 is 2.95 bits per heavy atom. The number of amides is 1. The molecule has 0 aliphatic carbocycles. The zero-order chi connectivity index (χ0) is 14.5. The number of benzene rings is 1. The van der Waals surface area contributed by atoms with Crippen molar-refractivity contribution < 1.29 is 18.3 Å². The minimum Gasteiger partial charge on any atom is -0.434 e. The van der Waals surface area contributed by atoms with Gasteiger partial charge in [-0.2, -0.15) is 8.78 Å². The maximum atomic E-state index is 12.3. The minimum atomic E-state index is -2.87. The second kappa shape index (κ2) is 6.85. The first-order chi connectivity index (χ1) is 9.54. The molecule has 1 amide bonds. The van der Waals surface area contributed by atoms with E-state index in [4.69, 9.17) is 11.6 Å². The first-order valence-electron chi connectivity index (χ1n) is 6.28. The Morgan fingerprint density at radius 1 is 1.50 bits per heavy atom. The van der Waals surface area contributed by atoms with Crippen LogP contribution in [0.4, 0.5) is 8.78 Å². The number of hydrogen-bond acceptors (Lipinski definition) is 3. The fraction of sp³-hybridized carbons (Fsp3) is 0.462. The number of halogens is 3. The first-order valence-corrected chi connectivity index (χ1v) is 6.65. The van der Waals surface area contributed by atoms with E-state index < -0.39 is 6.61 Å². The predicted octanol–water partition coefficient (Wildman–Crippen LogP) is 2.31. The van der Waals surface area contributed by atoms with Crippen molar-refractivity contribution in [2.75, 3.05) is 6.54 Å². The molecule has 0 spiro atoms.